The molecule has 0 spiro atoms. The lowest BCUT2D eigenvalue weighted by Gasteiger charge is -2.16. The minimum absolute atomic E-state index is 0.0889. The van der Waals surface area contributed by atoms with Gasteiger partial charge in [-0.25, -0.2) is 4.68 Å². The van der Waals surface area contributed by atoms with E-state index in [9.17, 15) is 0 Å². The molecule has 0 N–H and O–H groups in total. The minimum atomic E-state index is 0.0889. The second-order valence-electron chi connectivity index (χ2n) is 6.80. The van der Waals surface area contributed by atoms with Gasteiger partial charge >= 0.3 is 0 Å². The Balaban J connectivity index is 2.53. The standard InChI is InChI=1S/C18H26N2/c1-7-14-8-9-15(13(2)3)16(12-14)20-11-10-17(19-20)18(4,5)6/h8-13H,7H2,1-6H3. The maximum absolute atomic E-state index is 4.79. The van der Waals surface area contributed by atoms with Crippen LogP contribution < -0.4 is 0 Å². The van der Waals surface area contributed by atoms with Crippen LogP contribution in [0.3, 0.4) is 0 Å². The number of hydrogen-bond acceptors (Lipinski definition) is 1. The average molecular weight is 270 g/mol. The first-order valence-electron chi connectivity index (χ1n) is 7.52. The van der Waals surface area contributed by atoms with E-state index in [0.29, 0.717) is 5.92 Å². The van der Waals surface area contributed by atoms with Gasteiger partial charge in [0.25, 0.3) is 0 Å². The Morgan fingerprint density at radius 3 is 2.35 bits per heavy atom. The molecule has 0 radical (unpaired) electrons. The molecule has 2 rings (SSSR count). The third kappa shape index (κ3) is 2.95. The van der Waals surface area contributed by atoms with Gasteiger partial charge in [-0.15, -0.1) is 0 Å². The van der Waals surface area contributed by atoms with Crippen molar-refractivity contribution in [2.24, 2.45) is 0 Å². The first-order chi connectivity index (χ1) is 9.32. The largest absolute Gasteiger partial charge is 0.240 e. The van der Waals surface area contributed by atoms with Gasteiger partial charge in [-0.3, -0.25) is 0 Å². The summed E-state index contributed by atoms with van der Waals surface area (Å²) in [7, 11) is 0. The van der Waals surface area contributed by atoms with Crippen molar-refractivity contribution in [2.75, 3.05) is 0 Å². The van der Waals surface area contributed by atoms with Crippen LogP contribution in [0.1, 0.15) is 64.3 Å². The number of aryl methyl sites for hydroxylation is 1. The molecule has 2 heteroatoms. The summed E-state index contributed by atoms with van der Waals surface area (Å²) in [4.78, 5) is 0. The summed E-state index contributed by atoms with van der Waals surface area (Å²) in [6.45, 7) is 13.3. The molecule has 2 nitrogen and oxygen atoms in total. The van der Waals surface area contributed by atoms with Crippen molar-refractivity contribution in [2.45, 2.75) is 59.3 Å². The lowest BCUT2D eigenvalue weighted by atomic mass is 9.93. The van der Waals surface area contributed by atoms with Crippen LogP contribution in [0.5, 0.6) is 0 Å². The molecule has 2 aromatic rings. The molecule has 0 atom stereocenters. The van der Waals surface area contributed by atoms with Gasteiger partial charge in [0, 0.05) is 11.6 Å². The van der Waals surface area contributed by atoms with E-state index < -0.39 is 0 Å². The van der Waals surface area contributed by atoms with Gasteiger partial charge in [0.1, 0.15) is 0 Å². The maximum Gasteiger partial charge on any atom is 0.0682 e. The molecule has 20 heavy (non-hydrogen) atoms. The van der Waals surface area contributed by atoms with Crippen molar-refractivity contribution in [3.8, 4) is 5.69 Å². The summed E-state index contributed by atoms with van der Waals surface area (Å²) in [6, 6.07) is 8.88. The summed E-state index contributed by atoms with van der Waals surface area (Å²) in [5, 5.41) is 4.79. The zero-order valence-corrected chi connectivity index (χ0v) is 13.6. The summed E-state index contributed by atoms with van der Waals surface area (Å²) >= 11 is 0. The Kier molecular flexibility index (Phi) is 4.03. The zero-order valence-electron chi connectivity index (χ0n) is 13.6. The van der Waals surface area contributed by atoms with E-state index in [0.717, 1.165) is 12.1 Å². The highest BCUT2D eigenvalue weighted by Gasteiger charge is 2.18. The van der Waals surface area contributed by atoms with E-state index in [1.807, 2.05) is 4.68 Å². The topological polar surface area (TPSA) is 17.8 Å². The molecular weight excluding hydrogens is 244 g/mol. The molecule has 0 saturated carbocycles. The maximum atomic E-state index is 4.79. The third-order valence-electron chi connectivity index (χ3n) is 3.73. The van der Waals surface area contributed by atoms with E-state index in [1.54, 1.807) is 0 Å². The lowest BCUT2D eigenvalue weighted by Crippen LogP contribution is -2.13. The first kappa shape index (κ1) is 14.8. The lowest BCUT2D eigenvalue weighted by molar-refractivity contribution is 0.560. The van der Waals surface area contributed by atoms with Crippen LogP contribution >= 0.6 is 0 Å². The molecule has 0 aliphatic heterocycles. The molecule has 0 amide bonds. The minimum Gasteiger partial charge on any atom is -0.240 e. The van der Waals surface area contributed by atoms with Gasteiger partial charge in [0.2, 0.25) is 0 Å². The molecule has 1 aromatic carbocycles. The fourth-order valence-electron chi connectivity index (χ4n) is 2.35. The average Bonchev–Trinajstić information content (AvgIpc) is 2.87. The zero-order chi connectivity index (χ0) is 14.9. The van der Waals surface area contributed by atoms with Gasteiger partial charge in [0.05, 0.1) is 11.4 Å². The smallest absolute Gasteiger partial charge is 0.0682 e. The summed E-state index contributed by atoms with van der Waals surface area (Å²) in [5.41, 5.74) is 5.15. The monoisotopic (exact) mass is 270 g/mol. The van der Waals surface area contributed by atoms with Crippen molar-refractivity contribution in [1.82, 2.24) is 9.78 Å². The Bertz CT molecular complexity index is 586. The normalized spacial score (nSPS) is 12.2. The molecule has 0 aliphatic carbocycles. The van der Waals surface area contributed by atoms with E-state index in [2.05, 4.69) is 72.0 Å². The van der Waals surface area contributed by atoms with Crippen LogP contribution in [0.4, 0.5) is 0 Å². The van der Waals surface area contributed by atoms with Crippen molar-refractivity contribution in [3.63, 3.8) is 0 Å². The highest BCUT2D eigenvalue weighted by atomic mass is 15.3. The molecule has 1 aromatic heterocycles. The summed E-state index contributed by atoms with van der Waals surface area (Å²) in [5.74, 6) is 0.498. The SMILES string of the molecule is CCc1ccc(C(C)C)c(-n2ccc(C(C)(C)C)n2)c1. The highest BCUT2D eigenvalue weighted by Crippen LogP contribution is 2.26. The Morgan fingerprint density at radius 2 is 1.85 bits per heavy atom. The molecule has 108 valence electrons. The van der Waals surface area contributed by atoms with Crippen LogP contribution in [0.15, 0.2) is 30.5 Å². The number of rotatable bonds is 3. The molecule has 0 saturated heterocycles. The molecule has 0 unspecified atom stereocenters. The second kappa shape index (κ2) is 5.43. The Labute approximate surface area is 122 Å². The first-order valence-corrected chi connectivity index (χ1v) is 7.52. The van der Waals surface area contributed by atoms with Crippen LogP contribution in [0.25, 0.3) is 5.69 Å². The quantitative estimate of drug-likeness (QED) is 0.779. The molecule has 0 aliphatic rings. The number of benzene rings is 1. The van der Waals surface area contributed by atoms with Gasteiger partial charge < -0.3 is 0 Å². The molecular formula is C18H26N2. The van der Waals surface area contributed by atoms with Crippen LogP contribution in [0, 0.1) is 0 Å². The van der Waals surface area contributed by atoms with Crippen LogP contribution in [-0.4, -0.2) is 9.78 Å². The van der Waals surface area contributed by atoms with Gasteiger partial charge in [0.15, 0.2) is 0 Å². The third-order valence-corrected chi connectivity index (χ3v) is 3.73. The molecule has 1 heterocycles. The van der Waals surface area contributed by atoms with Crippen LogP contribution in [-0.2, 0) is 11.8 Å². The summed E-state index contributed by atoms with van der Waals surface area (Å²) in [6.07, 6.45) is 3.14. The molecule has 0 bridgehead atoms. The van der Waals surface area contributed by atoms with E-state index >= 15 is 0 Å². The van der Waals surface area contributed by atoms with Crippen molar-refractivity contribution in [1.29, 1.82) is 0 Å². The van der Waals surface area contributed by atoms with Crippen molar-refractivity contribution >= 4 is 0 Å². The number of nitrogens with zero attached hydrogens (tertiary/aromatic N) is 2. The van der Waals surface area contributed by atoms with Crippen molar-refractivity contribution in [3.05, 3.63) is 47.3 Å². The Morgan fingerprint density at radius 1 is 1.15 bits per heavy atom. The second-order valence-corrected chi connectivity index (χ2v) is 6.80. The van der Waals surface area contributed by atoms with E-state index in [-0.39, 0.29) is 5.41 Å². The Hall–Kier alpha value is -1.57. The highest BCUT2D eigenvalue weighted by molar-refractivity contribution is 5.45. The summed E-state index contributed by atoms with van der Waals surface area (Å²) < 4.78 is 2.04. The van der Waals surface area contributed by atoms with Gasteiger partial charge in [-0.1, -0.05) is 53.7 Å². The van der Waals surface area contributed by atoms with Gasteiger partial charge in [-0.2, -0.15) is 5.10 Å². The predicted molar refractivity (Wildman–Crippen MR) is 85.7 cm³/mol. The van der Waals surface area contributed by atoms with Gasteiger partial charge in [-0.05, 0) is 35.6 Å². The molecule has 0 fully saturated rings. The number of aromatic nitrogens is 2. The fourth-order valence-corrected chi connectivity index (χ4v) is 2.35. The van der Waals surface area contributed by atoms with Crippen molar-refractivity contribution < 1.29 is 0 Å². The van der Waals surface area contributed by atoms with E-state index in [1.165, 1.54) is 16.8 Å². The predicted octanol–water partition coefficient (Wildman–Crippen LogP) is 4.86. The van der Waals surface area contributed by atoms with Crippen LogP contribution in [0.2, 0.25) is 0 Å². The van der Waals surface area contributed by atoms with E-state index in [4.69, 9.17) is 5.10 Å². The fraction of sp³-hybridized carbons (Fsp3) is 0.500. The number of hydrogen-bond donors (Lipinski definition) is 0.